The average Bonchev–Trinajstić information content (AvgIpc) is 3.24. The van der Waals surface area contributed by atoms with E-state index in [9.17, 15) is 9.59 Å². The molecule has 0 radical (unpaired) electrons. The summed E-state index contributed by atoms with van der Waals surface area (Å²) in [6.45, 7) is 7.75. The molecule has 0 aromatic carbocycles. The van der Waals surface area contributed by atoms with E-state index in [0.29, 0.717) is 65.1 Å². The number of carbonyl (C=O) groups excluding carboxylic acids is 2. The summed E-state index contributed by atoms with van der Waals surface area (Å²) in [6, 6.07) is 0. The zero-order valence-electron chi connectivity index (χ0n) is 13.6. The minimum absolute atomic E-state index is 0.0103. The fraction of sp³-hybridized carbons (Fsp3) is 0.875. The molecule has 3 fully saturated rings. The molecule has 1 saturated carbocycles. The van der Waals surface area contributed by atoms with Crippen molar-refractivity contribution >= 4 is 11.8 Å². The number of hydrogen-bond acceptors (Lipinski definition) is 4. The van der Waals surface area contributed by atoms with Gasteiger partial charge in [-0.2, -0.15) is 0 Å². The standard InChI is InChI=1S/C16H26N2O4/c1-3-17(4-2)13(19)15(5-6-15)14(20)18-9-7-16(8-10-18)21-11-12-22-16/h3-12H2,1-2H3. The van der Waals surface area contributed by atoms with Crippen molar-refractivity contribution in [1.29, 1.82) is 0 Å². The van der Waals surface area contributed by atoms with E-state index in [2.05, 4.69) is 0 Å². The third-order valence-corrected chi connectivity index (χ3v) is 5.25. The van der Waals surface area contributed by atoms with E-state index < -0.39 is 11.2 Å². The van der Waals surface area contributed by atoms with Crippen LogP contribution in [0.5, 0.6) is 0 Å². The minimum Gasteiger partial charge on any atom is -0.347 e. The zero-order valence-corrected chi connectivity index (χ0v) is 13.6. The van der Waals surface area contributed by atoms with Crippen LogP contribution in [0.3, 0.4) is 0 Å². The van der Waals surface area contributed by atoms with E-state index in [0.717, 1.165) is 0 Å². The summed E-state index contributed by atoms with van der Waals surface area (Å²) in [4.78, 5) is 29.1. The van der Waals surface area contributed by atoms with Gasteiger partial charge in [0.2, 0.25) is 11.8 Å². The monoisotopic (exact) mass is 310 g/mol. The fourth-order valence-electron chi connectivity index (χ4n) is 3.60. The number of rotatable bonds is 4. The second-order valence-corrected chi connectivity index (χ2v) is 6.46. The molecule has 0 atom stereocenters. The van der Waals surface area contributed by atoms with Gasteiger partial charge in [0.1, 0.15) is 5.41 Å². The average molecular weight is 310 g/mol. The molecule has 0 aromatic heterocycles. The van der Waals surface area contributed by atoms with Crippen LogP contribution in [-0.2, 0) is 19.1 Å². The van der Waals surface area contributed by atoms with Crippen molar-refractivity contribution in [2.75, 3.05) is 39.4 Å². The molecule has 1 aliphatic carbocycles. The summed E-state index contributed by atoms with van der Waals surface area (Å²) in [7, 11) is 0. The Labute approximate surface area is 131 Å². The molecule has 0 N–H and O–H groups in total. The van der Waals surface area contributed by atoms with Crippen molar-refractivity contribution in [3.05, 3.63) is 0 Å². The third-order valence-electron chi connectivity index (χ3n) is 5.25. The Bertz CT molecular complexity index is 441. The Hall–Kier alpha value is -1.14. The van der Waals surface area contributed by atoms with Gasteiger partial charge >= 0.3 is 0 Å². The Kier molecular flexibility index (Phi) is 4.16. The lowest BCUT2D eigenvalue weighted by molar-refractivity contribution is -0.189. The molecule has 0 aromatic rings. The highest BCUT2D eigenvalue weighted by atomic mass is 16.7. The minimum atomic E-state index is -0.770. The molecule has 2 heterocycles. The summed E-state index contributed by atoms with van der Waals surface area (Å²) in [6.07, 6.45) is 2.79. The highest BCUT2D eigenvalue weighted by Crippen LogP contribution is 2.49. The maximum absolute atomic E-state index is 12.9. The largest absolute Gasteiger partial charge is 0.347 e. The van der Waals surface area contributed by atoms with E-state index in [-0.39, 0.29) is 11.8 Å². The van der Waals surface area contributed by atoms with Gasteiger partial charge < -0.3 is 19.3 Å². The molecule has 2 amide bonds. The van der Waals surface area contributed by atoms with Crippen LogP contribution in [0.4, 0.5) is 0 Å². The summed E-state index contributed by atoms with van der Waals surface area (Å²) >= 11 is 0. The van der Waals surface area contributed by atoms with Crippen molar-refractivity contribution in [3.8, 4) is 0 Å². The molecular weight excluding hydrogens is 284 g/mol. The van der Waals surface area contributed by atoms with Gasteiger partial charge in [-0.15, -0.1) is 0 Å². The van der Waals surface area contributed by atoms with E-state index >= 15 is 0 Å². The number of ether oxygens (including phenoxy) is 2. The molecule has 1 spiro atoms. The third kappa shape index (κ3) is 2.52. The smallest absolute Gasteiger partial charge is 0.238 e. The number of piperidine rings is 1. The van der Waals surface area contributed by atoms with Crippen molar-refractivity contribution in [3.63, 3.8) is 0 Å². The molecule has 2 saturated heterocycles. The molecule has 124 valence electrons. The van der Waals surface area contributed by atoms with Crippen LogP contribution in [0.2, 0.25) is 0 Å². The first-order valence-corrected chi connectivity index (χ1v) is 8.43. The van der Waals surface area contributed by atoms with Crippen LogP contribution in [-0.4, -0.2) is 66.8 Å². The number of carbonyl (C=O) groups is 2. The molecule has 22 heavy (non-hydrogen) atoms. The van der Waals surface area contributed by atoms with Gasteiger partial charge in [0.25, 0.3) is 0 Å². The van der Waals surface area contributed by atoms with Crippen molar-refractivity contribution < 1.29 is 19.1 Å². The number of likely N-dealkylation sites (tertiary alicyclic amines) is 1. The summed E-state index contributed by atoms with van der Waals surface area (Å²) < 4.78 is 11.4. The van der Waals surface area contributed by atoms with E-state index in [1.165, 1.54) is 0 Å². The quantitative estimate of drug-likeness (QED) is 0.727. The molecule has 2 aliphatic heterocycles. The van der Waals surface area contributed by atoms with Gasteiger partial charge in [-0.1, -0.05) is 0 Å². The lowest BCUT2D eigenvalue weighted by Crippen LogP contribution is -2.52. The second-order valence-electron chi connectivity index (χ2n) is 6.46. The van der Waals surface area contributed by atoms with Crippen LogP contribution in [0.1, 0.15) is 39.5 Å². The first kappa shape index (κ1) is 15.7. The summed E-state index contributed by atoms with van der Waals surface area (Å²) in [5, 5.41) is 0. The maximum Gasteiger partial charge on any atom is 0.238 e. The highest BCUT2D eigenvalue weighted by Gasteiger charge is 2.59. The van der Waals surface area contributed by atoms with E-state index in [1.54, 1.807) is 4.90 Å². The van der Waals surface area contributed by atoms with Gasteiger partial charge in [0.15, 0.2) is 5.79 Å². The van der Waals surface area contributed by atoms with Crippen LogP contribution >= 0.6 is 0 Å². The van der Waals surface area contributed by atoms with Crippen LogP contribution in [0, 0.1) is 5.41 Å². The summed E-state index contributed by atoms with van der Waals surface area (Å²) in [5.74, 6) is -0.454. The number of nitrogens with zero attached hydrogens (tertiary/aromatic N) is 2. The van der Waals surface area contributed by atoms with Crippen molar-refractivity contribution in [1.82, 2.24) is 9.80 Å². The molecule has 3 rings (SSSR count). The predicted octanol–water partition coefficient (Wildman–Crippen LogP) is 1.00. The Morgan fingerprint density at radius 1 is 1.00 bits per heavy atom. The first-order chi connectivity index (χ1) is 10.6. The zero-order chi connectivity index (χ0) is 15.8. The Morgan fingerprint density at radius 3 is 2.00 bits per heavy atom. The molecule has 6 heteroatoms. The number of amides is 2. The second kappa shape index (κ2) is 5.81. The van der Waals surface area contributed by atoms with Gasteiger partial charge in [0.05, 0.1) is 13.2 Å². The van der Waals surface area contributed by atoms with E-state index in [1.807, 2.05) is 18.7 Å². The lowest BCUT2D eigenvalue weighted by atomic mass is 9.98. The Morgan fingerprint density at radius 2 is 1.55 bits per heavy atom. The van der Waals surface area contributed by atoms with E-state index in [4.69, 9.17) is 9.47 Å². The summed E-state index contributed by atoms with van der Waals surface area (Å²) in [5.41, 5.74) is -0.770. The van der Waals surface area contributed by atoms with Gasteiger partial charge in [0, 0.05) is 39.0 Å². The van der Waals surface area contributed by atoms with Crippen molar-refractivity contribution in [2.24, 2.45) is 5.41 Å². The van der Waals surface area contributed by atoms with Crippen LogP contribution < -0.4 is 0 Å². The first-order valence-electron chi connectivity index (χ1n) is 8.43. The molecule has 0 unspecified atom stereocenters. The molecule has 0 bridgehead atoms. The lowest BCUT2D eigenvalue weighted by Gasteiger charge is -2.39. The van der Waals surface area contributed by atoms with Gasteiger partial charge in [-0.25, -0.2) is 0 Å². The highest BCUT2D eigenvalue weighted by molar-refractivity contribution is 6.07. The SMILES string of the molecule is CCN(CC)C(=O)C1(C(=O)N2CCC3(CC2)OCCO3)CC1. The van der Waals surface area contributed by atoms with Crippen molar-refractivity contribution in [2.45, 2.75) is 45.3 Å². The molecule has 6 nitrogen and oxygen atoms in total. The molecule has 3 aliphatic rings. The van der Waals surface area contributed by atoms with Gasteiger partial charge in [-0.3, -0.25) is 9.59 Å². The maximum atomic E-state index is 12.9. The fourth-order valence-corrected chi connectivity index (χ4v) is 3.60. The topological polar surface area (TPSA) is 59.1 Å². The van der Waals surface area contributed by atoms with Crippen LogP contribution in [0.25, 0.3) is 0 Å². The van der Waals surface area contributed by atoms with Gasteiger partial charge in [-0.05, 0) is 26.7 Å². The van der Waals surface area contributed by atoms with Crippen LogP contribution in [0.15, 0.2) is 0 Å². The normalized spacial score (nSPS) is 25.3. The predicted molar refractivity (Wildman–Crippen MR) is 80.0 cm³/mol. The number of hydrogen-bond donors (Lipinski definition) is 0. The molecular formula is C16H26N2O4. The Balaban J connectivity index is 1.63.